The first kappa shape index (κ1) is 31.3. The number of carbonyl (C=O) groups excluding carboxylic acids is 2. The minimum Gasteiger partial charge on any atom is -0.369 e. The normalized spacial score (nSPS) is 14.7. The van der Waals surface area contributed by atoms with E-state index in [1.165, 1.54) is 12.1 Å². The lowest BCUT2D eigenvalue weighted by Gasteiger charge is -2.40. The molecule has 1 amide bonds. The van der Waals surface area contributed by atoms with Crippen LogP contribution in [0, 0.1) is 0 Å². The molecule has 1 unspecified atom stereocenters. The van der Waals surface area contributed by atoms with E-state index in [2.05, 4.69) is 15.1 Å². The summed E-state index contributed by atoms with van der Waals surface area (Å²) < 4.78 is 39.1. The number of Topliss-reactive ketones (excluding diaryl/α,β-unsaturated/α-hetero) is 1. The van der Waals surface area contributed by atoms with Crippen LogP contribution in [0.25, 0.3) is 11.1 Å². The van der Waals surface area contributed by atoms with Crippen LogP contribution in [-0.4, -0.2) is 42.8 Å². The molecule has 1 fully saturated rings. The minimum atomic E-state index is -4.44. The van der Waals surface area contributed by atoms with Gasteiger partial charge in [0.05, 0.1) is 22.3 Å². The number of nitrogens with zero attached hydrogens (tertiary/aromatic N) is 2. The summed E-state index contributed by atoms with van der Waals surface area (Å²) in [6.07, 6.45) is -3.09. The van der Waals surface area contributed by atoms with Crippen molar-refractivity contribution >= 4 is 34.7 Å². The Labute approximate surface area is 260 Å². The first-order valence-electron chi connectivity index (χ1n) is 14.6. The van der Waals surface area contributed by atoms with Crippen LogP contribution in [0.2, 0.25) is 5.02 Å². The highest BCUT2D eigenvalue weighted by Crippen LogP contribution is 2.34. The van der Waals surface area contributed by atoms with Crippen molar-refractivity contribution in [2.24, 2.45) is 0 Å². The Balaban J connectivity index is 1.26. The van der Waals surface area contributed by atoms with Crippen molar-refractivity contribution in [3.63, 3.8) is 0 Å². The van der Waals surface area contributed by atoms with E-state index in [-0.39, 0.29) is 11.8 Å². The van der Waals surface area contributed by atoms with E-state index < -0.39 is 17.6 Å². The number of benzene rings is 4. The summed E-state index contributed by atoms with van der Waals surface area (Å²) in [5.74, 6) is -0.192. The maximum atomic E-state index is 13.3. The third-order valence-corrected chi connectivity index (χ3v) is 8.17. The Morgan fingerprint density at radius 2 is 1.52 bits per heavy atom. The topological polar surface area (TPSA) is 52.7 Å². The lowest BCUT2D eigenvalue weighted by atomic mass is 9.97. The quantitative estimate of drug-likeness (QED) is 0.204. The Morgan fingerprint density at radius 3 is 2.16 bits per heavy atom. The third-order valence-electron chi connectivity index (χ3n) is 7.86. The summed E-state index contributed by atoms with van der Waals surface area (Å²) in [5.41, 5.74) is 2.92. The van der Waals surface area contributed by atoms with Gasteiger partial charge in [0, 0.05) is 43.9 Å². The van der Waals surface area contributed by atoms with Crippen molar-refractivity contribution in [2.75, 3.05) is 36.4 Å². The molecule has 44 heavy (non-hydrogen) atoms. The second-order valence-electron chi connectivity index (χ2n) is 10.8. The molecule has 0 aliphatic carbocycles. The van der Waals surface area contributed by atoms with Gasteiger partial charge in [0.25, 0.3) is 5.91 Å². The van der Waals surface area contributed by atoms with Gasteiger partial charge in [-0.05, 0) is 59.5 Å². The molecule has 1 aliphatic heterocycles. The zero-order chi connectivity index (χ0) is 31.3. The zero-order valence-corrected chi connectivity index (χ0v) is 25.0. The highest BCUT2D eigenvalue weighted by Gasteiger charge is 2.31. The van der Waals surface area contributed by atoms with E-state index in [4.69, 9.17) is 11.6 Å². The average molecular weight is 620 g/mol. The maximum Gasteiger partial charge on any atom is 0.416 e. The van der Waals surface area contributed by atoms with Crippen LogP contribution in [-0.2, 0) is 11.0 Å². The lowest BCUT2D eigenvalue weighted by molar-refractivity contribution is -0.137. The highest BCUT2D eigenvalue weighted by molar-refractivity contribution is 6.34. The number of ketones is 1. The molecule has 0 aromatic heterocycles. The Bertz CT molecular complexity index is 1600. The molecule has 1 heterocycles. The molecule has 0 spiro atoms. The van der Waals surface area contributed by atoms with Crippen LogP contribution >= 0.6 is 11.6 Å². The van der Waals surface area contributed by atoms with Gasteiger partial charge in [-0.3, -0.25) is 14.5 Å². The van der Waals surface area contributed by atoms with E-state index in [0.29, 0.717) is 60.0 Å². The fourth-order valence-electron chi connectivity index (χ4n) is 5.62. The van der Waals surface area contributed by atoms with Gasteiger partial charge in [-0.2, -0.15) is 13.2 Å². The average Bonchev–Trinajstić information content (AvgIpc) is 3.03. The molecule has 5 nitrogen and oxygen atoms in total. The number of anilines is 2. The van der Waals surface area contributed by atoms with Gasteiger partial charge in [-0.1, -0.05) is 79.2 Å². The van der Waals surface area contributed by atoms with Gasteiger partial charge in [-0.15, -0.1) is 0 Å². The number of alkyl halides is 3. The van der Waals surface area contributed by atoms with Crippen molar-refractivity contribution in [2.45, 2.75) is 32.0 Å². The van der Waals surface area contributed by atoms with Gasteiger partial charge < -0.3 is 10.2 Å². The molecule has 1 N–H and O–H groups in total. The lowest BCUT2D eigenvalue weighted by Crippen LogP contribution is -2.49. The molecule has 228 valence electrons. The number of piperazine rings is 1. The second-order valence-corrected chi connectivity index (χ2v) is 11.2. The summed E-state index contributed by atoms with van der Waals surface area (Å²) >= 11 is 6.63. The van der Waals surface area contributed by atoms with Crippen LogP contribution in [0.5, 0.6) is 0 Å². The van der Waals surface area contributed by atoms with Crippen molar-refractivity contribution in [3.05, 3.63) is 119 Å². The van der Waals surface area contributed by atoms with E-state index in [1.807, 2.05) is 49.4 Å². The smallest absolute Gasteiger partial charge is 0.369 e. The zero-order valence-electron chi connectivity index (χ0n) is 24.3. The molecule has 1 saturated heterocycles. The van der Waals surface area contributed by atoms with Crippen LogP contribution in [0.1, 0.15) is 47.3 Å². The van der Waals surface area contributed by atoms with Gasteiger partial charge >= 0.3 is 6.18 Å². The van der Waals surface area contributed by atoms with Crippen molar-refractivity contribution in [1.82, 2.24) is 4.90 Å². The largest absolute Gasteiger partial charge is 0.416 e. The molecule has 1 aliphatic rings. The SMILES string of the molecule is CCCC(=O)C(c1ccccc1)N1CCN(c2ccc(NC(=O)c3ccccc3-c3ccc(C(F)(F)F)cc3)c(Cl)c2)CC1. The first-order valence-corrected chi connectivity index (χ1v) is 15.0. The van der Waals surface area contributed by atoms with E-state index in [1.54, 1.807) is 30.3 Å². The molecule has 5 rings (SSSR count). The Hall–Kier alpha value is -4.14. The summed E-state index contributed by atoms with van der Waals surface area (Å²) in [7, 11) is 0. The van der Waals surface area contributed by atoms with Crippen molar-refractivity contribution < 1.29 is 22.8 Å². The van der Waals surface area contributed by atoms with E-state index in [0.717, 1.165) is 29.8 Å². The molecule has 4 aromatic carbocycles. The van der Waals surface area contributed by atoms with Gasteiger partial charge in [-0.25, -0.2) is 0 Å². The Kier molecular flexibility index (Phi) is 9.71. The van der Waals surface area contributed by atoms with Crippen molar-refractivity contribution in [3.8, 4) is 11.1 Å². The highest BCUT2D eigenvalue weighted by atomic mass is 35.5. The molecule has 4 aromatic rings. The third kappa shape index (κ3) is 7.14. The molecule has 0 saturated carbocycles. The predicted octanol–water partition coefficient (Wildman–Crippen LogP) is 8.51. The monoisotopic (exact) mass is 619 g/mol. The van der Waals surface area contributed by atoms with E-state index >= 15 is 0 Å². The summed E-state index contributed by atoms with van der Waals surface area (Å²) in [5, 5.41) is 3.22. The first-order chi connectivity index (χ1) is 21.2. The number of nitrogens with one attached hydrogen (secondary N) is 1. The fourth-order valence-corrected chi connectivity index (χ4v) is 5.84. The Morgan fingerprint density at radius 1 is 0.864 bits per heavy atom. The van der Waals surface area contributed by atoms with Crippen LogP contribution in [0.15, 0.2) is 97.1 Å². The van der Waals surface area contributed by atoms with Crippen LogP contribution in [0.3, 0.4) is 0 Å². The van der Waals surface area contributed by atoms with Crippen LogP contribution in [0.4, 0.5) is 24.5 Å². The number of hydrogen-bond acceptors (Lipinski definition) is 4. The van der Waals surface area contributed by atoms with Crippen LogP contribution < -0.4 is 10.2 Å². The molecule has 0 bridgehead atoms. The number of hydrogen-bond donors (Lipinski definition) is 1. The number of rotatable bonds is 9. The molecular weight excluding hydrogens is 587 g/mol. The summed E-state index contributed by atoms with van der Waals surface area (Å²) in [6.45, 7) is 4.88. The fraction of sp³-hybridized carbons (Fsp3) is 0.257. The minimum absolute atomic E-state index is 0.232. The number of amides is 1. The molecule has 0 radical (unpaired) electrons. The van der Waals surface area contributed by atoms with E-state index in [9.17, 15) is 22.8 Å². The second kappa shape index (κ2) is 13.7. The van der Waals surface area contributed by atoms with Crippen molar-refractivity contribution in [1.29, 1.82) is 0 Å². The molecular formula is C35H33ClF3N3O2. The van der Waals surface area contributed by atoms with Gasteiger partial charge in [0.1, 0.15) is 0 Å². The van der Waals surface area contributed by atoms with Gasteiger partial charge in [0.2, 0.25) is 0 Å². The maximum absolute atomic E-state index is 13.3. The number of carbonyl (C=O) groups is 2. The predicted molar refractivity (Wildman–Crippen MR) is 169 cm³/mol. The standard InChI is InChI=1S/C35H33ClF3N3O2/c1-2-8-32(43)33(25-9-4-3-5-10-25)42-21-19-41(20-22-42)27-17-18-31(30(36)23-27)40-34(44)29-12-7-6-11-28(29)24-13-15-26(16-14-24)35(37,38)39/h3-7,9-18,23,33H,2,8,19-22H2,1H3,(H,40,44). The molecule has 1 atom stereocenters. The molecule has 9 heteroatoms. The summed E-state index contributed by atoms with van der Waals surface area (Å²) in [6, 6.07) is 26.6. The number of halogens is 4. The summed E-state index contributed by atoms with van der Waals surface area (Å²) in [4.78, 5) is 30.8. The van der Waals surface area contributed by atoms with Gasteiger partial charge in [0.15, 0.2) is 5.78 Å².